The number of likely N-dealkylation sites (tertiary alicyclic amines) is 2. The van der Waals surface area contributed by atoms with Crippen molar-refractivity contribution in [2.75, 3.05) is 33.3 Å². The second-order valence-corrected chi connectivity index (χ2v) is 8.63. The molecule has 170 valence electrons. The molecule has 0 N–H and O–H groups in total. The fraction of sp³-hybridized carbons (Fsp3) is 0.545. The molecule has 0 aliphatic carbocycles. The average Bonchev–Trinajstić information content (AvgIpc) is 3.53. The number of hydrogen-bond donors (Lipinski definition) is 0. The van der Waals surface area contributed by atoms with Crippen LogP contribution in [0.4, 0.5) is 9.18 Å². The van der Waals surface area contributed by atoms with E-state index in [2.05, 4.69) is 20.1 Å². The Morgan fingerprint density at radius 3 is 2.84 bits per heavy atom. The Bertz CT molecular complexity index is 1120. The number of aryl methyl sites for hydroxylation is 1. The van der Waals surface area contributed by atoms with Crippen LogP contribution < -0.4 is 0 Å². The van der Waals surface area contributed by atoms with Gasteiger partial charge in [0.05, 0.1) is 18.3 Å². The van der Waals surface area contributed by atoms with Crippen molar-refractivity contribution in [3.63, 3.8) is 0 Å². The van der Waals surface area contributed by atoms with Crippen LogP contribution in [0.5, 0.6) is 0 Å². The SMILES string of the molecule is COC(=O)N1CCC[C@H]1CN1CCC(c2nc(-n3nc(C)c4ccc(F)cc43)no2)CC1. The molecule has 0 bridgehead atoms. The number of halogens is 1. The summed E-state index contributed by atoms with van der Waals surface area (Å²) in [5.74, 6) is 0.760. The number of piperidine rings is 1. The zero-order valence-corrected chi connectivity index (χ0v) is 18.3. The monoisotopic (exact) mass is 442 g/mol. The van der Waals surface area contributed by atoms with Crippen LogP contribution in [-0.4, -0.2) is 75.1 Å². The van der Waals surface area contributed by atoms with Crippen molar-refractivity contribution in [1.29, 1.82) is 0 Å². The van der Waals surface area contributed by atoms with Gasteiger partial charge in [-0.25, -0.2) is 9.18 Å². The largest absolute Gasteiger partial charge is 0.453 e. The van der Waals surface area contributed by atoms with Gasteiger partial charge in [0.25, 0.3) is 5.95 Å². The standard InChI is InChI=1S/C22H27FN6O3/c1-14-18-6-5-16(23)12-19(18)29(25-14)21-24-20(32-26-21)15-7-10-27(11-8-15)13-17-4-3-9-28(17)22(30)31-2/h5-6,12,15,17H,3-4,7-11,13H2,1-2H3/t17-/m0/s1. The Balaban J connectivity index is 1.24. The van der Waals surface area contributed by atoms with Crippen LogP contribution in [0.3, 0.4) is 0 Å². The number of aromatic nitrogens is 4. The maximum Gasteiger partial charge on any atom is 0.409 e. The summed E-state index contributed by atoms with van der Waals surface area (Å²) in [5.41, 5.74) is 1.41. The highest BCUT2D eigenvalue weighted by atomic mass is 19.1. The minimum Gasteiger partial charge on any atom is -0.453 e. The number of rotatable bonds is 4. The Hall–Kier alpha value is -3.01. The van der Waals surface area contributed by atoms with Gasteiger partial charge in [0.1, 0.15) is 5.82 Å². The second kappa shape index (κ2) is 8.50. The van der Waals surface area contributed by atoms with Gasteiger partial charge in [0, 0.05) is 36.5 Å². The minimum atomic E-state index is -0.331. The van der Waals surface area contributed by atoms with Crippen LogP contribution in [0.15, 0.2) is 22.7 Å². The van der Waals surface area contributed by atoms with Crippen LogP contribution >= 0.6 is 0 Å². The van der Waals surface area contributed by atoms with E-state index in [0.29, 0.717) is 17.4 Å². The first-order chi connectivity index (χ1) is 15.5. The quantitative estimate of drug-likeness (QED) is 0.613. The summed E-state index contributed by atoms with van der Waals surface area (Å²) in [6.07, 6.45) is 3.61. The fourth-order valence-corrected chi connectivity index (χ4v) is 4.92. The molecule has 0 spiro atoms. The van der Waals surface area contributed by atoms with Gasteiger partial charge in [-0.05, 0) is 63.0 Å². The summed E-state index contributed by atoms with van der Waals surface area (Å²) in [6.45, 7) is 5.32. The molecule has 2 aromatic heterocycles. The van der Waals surface area contributed by atoms with E-state index in [1.165, 1.54) is 23.9 Å². The molecule has 10 heteroatoms. The van der Waals surface area contributed by atoms with Crippen molar-refractivity contribution in [3.05, 3.63) is 35.6 Å². The van der Waals surface area contributed by atoms with Crippen molar-refractivity contribution in [3.8, 4) is 5.95 Å². The first kappa shape index (κ1) is 20.9. The summed E-state index contributed by atoms with van der Waals surface area (Å²) in [4.78, 5) is 20.8. The Kier molecular flexibility index (Phi) is 5.54. The maximum absolute atomic E-state index is 13.8. The number of carbonyl (C=O) groups is 1. The molecule has 2 fully saturated rings. The Morgan fingerprint density at radius 2 is 2.06 bits per heavy atom. The highest BCUT2D eigenvalue weighted by Crippen LogP contribution is 2.29. The molecule has 0 saturated carbocycles. The molecule has 4 heterocycles. The first-order valence-electron chi connectivity index (χ1n) is 11.1. The molecule has 2 aliphatic heterocycles. The third-order valence-electron chi connectivity index (χ3n) is 6.64. The molecule has 1 aromatic carbocycles. The zero-order chi connectivity index (χ0) is 22.2. The highest BCUT2D eigenvalue weighted by Gasteiger charge is 2.33. The molecule has 32 heavy (non-hydrogen) atoms. The van der Waals surface area contributed by atoms with E-state index in [1.807, 2.05) is 11.8 Å². The predicted octanol–water partition coefficient (Wildman–Crippen LogP) is 3.27. The van der Waals surface area contributed by atoms with Crippen molar-refractivity contribution < 1.29 is 18.4 Å². The van der Waals surface area contributed by atoms with E-state index in [-0.39, 0.29) is 23.9 Å². The molecule has 0 unspecified atom stereocenters. The lowest BCUT2D eigenvalue weighted by Gasteiger charge is -2.34. The van der Waals surface area contributed by atoms with Gasteiger partial charge in [-0.1, -0.05) is 0 Å². The summed E-state index contributed by atoms with van der Waals surface area (Å²) in [5, 5.41) is 9.45. The van der Waals surface area contributed by atoms with Crippen LogP contribution in [-0.2, 0) is 4.74 Å². The summed E-state index contributed by atoms with van der Waals surface area (Å²) >= 11 is 0. The molecule has 9 nitrogen and oxygen atoms in total. The molecular formula is C22H27FN6O3. The summed E-state index contributed by atoms with van der Waals surface area (Å²) in [7, 11) is 1.44. The average molecular weight is 442 g/mol. The number of ether oxygens (including phenoxy) is 1. The van der Waals surface area contributed by atoms with Crippen LogP contribution in [0.2, 0.25) is 0 Å². The number of benzene rings is 1. The minimum absolute atomic E-state index is 0.174. The molecule has 1 amide bonds. The van der Waals surface area contributed by atoms with Crippen molar-refractivity contribution in [2.45, 2.75) is 44.6 Å². The fourth-order valence-electron chi connectivity index (χ4n) is 4.92. The van der Waals surface area contributed by atoms with Gasteiger partial charge >= 0.3 is 6.09 Å². The van der Waals surface area contributed by atoms with Crippen molar-refractivity contribution >= 4 is 17.0 Å². The van der Waals surface area contributed by atoms with Crippen molar-refractivity contribution in [2.24, 2.45) is 0 Å². The van der Waals surface area contributed by atoms with Crippen LogP contribution in [0.1, 0.15) is 43.2 Å². The molecule has 1 atom stereocenters. The predicted molar refractivity (Wildman–Crippen MR) is 114 cm³/mol. The van der Waals surface area contributed by atoms with Gasteiger partial charge in [-0.2, -0.15) is 14.8 Å². The third kappa shape index (κ3) is 3.83. The van der Waals surface area contributed by atoms with E-state index in [1.54, 1.807) is 6.07 Å². The number of nitrogens with zero attached hydrogens (tertiary/aromatic N) is 6. The lowest BCUT2D eigenvalue weighted by Crippen LogP contribution is -2.45. The van der Waals surface area contributed by atoms with E-state index in [9.17, 15) is 9.18 Å². The lowest BCUT2D eigenvalue weighted by atomic mass is 9.96. The van der Waals surface area contributed by atoms with E-state index < -0.39 is 0 Å². The highest BCUT2D eigenvalue weighted by molar-refractivity contribution is 5.82. The summed E-state index contributed by atoms with van der Waals surface area (Å²) in [6, 6.07) is 4.79. The third-order valence-corrected chi connectivity index (χ3v) is 6.64. The normalized spacial score (nSPS) is 20.3. The molecule has 2 saturated heterocycles. The van der Waals surface area contributed by atoms with E-state index in [4.69, 9.17) is 9.26 Å². The summed E-state index contributed by atoms with van der Waals surface area (Å²) < 4.78 is 25.8. The molecule has 0 radical (unpaired) electrons. The van der Waals surface area contributed by atoms with Gasteiger partial charge in [-0.15, -0.1) is 0 Å². The number of methoxy groups -OCH3 is 1. The molecule has 3 aromatic rings. The van der Waals surface area contributed by atoms with Crippen LogP contribution in [0.25, 0.3) is 16.9 Å². The number of carbonyl (C=O) groups excluding carboxylic acids is 1. The maximum atomic E-state index is 13.8. The van der Waals surface area contributed by atoms with Gasteiger partial charge < -0.3 is 19.1 Å². The van der Waals surface area contributed by atoms with Gasteiger partial charge in [0.15, 0.2) is 0 Å². The number of hydrogen-bond acceptors (Lipinski definition) is 7. The van der Waals surface area contributed by atoms with Gasteiger partial charge in [0.2, 0.25) is 5.89 Å². The Labute approximate surface area is 185 Å². The number of amides is 1. The molecule has 2 aliphatic rings. The first-order valence-corrected chi connectivity index (χ1v) is 11.1. The van der Waals surface area contributed by atoms with Crippen molar-refractivity contribution in [1.82, 2.24) is 29.7 Å². The second-order valence-electron chi connectivity index (χ2n) is 8.63. The smallest absolute Gasteiger partial charge is 0.409 e. The van der Waals surface area contributed by atoms with E-state index >= 15 is 0 Å². The zero-order valence-electron chi connectivity index (χ0n) is 18.3. The lowest BCUT2D eigenvalue weighted by molar-refractivity contribution is 0.101. The molecular weight excluding hydrogens is 415 g/mol. The van der Waals surface area contributed by atoms with Gasteiger partial charge in [-0.3, -0.25) is 0 Å². The van der Waals surface area contributed by atoms with Crippen LogP contribution in [0, 0.1) is 12.7 Å². The van der Waals surface area contributed by atoms with E-state index in [0.717, 1.165) is 62.9 Å². The topological polar surface area (TPSA) is 89.5 Å². The Morgan fingerprint density at radius 1 is 1.25 bits per heavy atom. The number of fused-ring (bicyclic) bond motifs is 1. The molecule has 5 rings (SSSR count).